The lowest BCUT2D eigenvalue weighted by atomic mass is 10.2. The Morgan fingerprint density at radius 1 is 1.15 bits per heavy atom. The van der Waals surface area contributed by atoms with Crippen LogP contribution >= 0.6 is 34.7 Å². The van der Waals surface area contributed by atoms with Gasteiger partial charge >= 0.3 is 0 Å². The van der Waals surface area contributed by atoms with E-state index in [4.69, 9.17) is 16.3 Å². The van der Waals surface area contributed by atoms with E-state index in [1.54, 1.807) is 12.1 Å². The van der Waals surface area contributed by atoms with Crippen molar-refractivity contribution in [1.29, 1.82) is 0 Å². The zero-order valence-electron chi connectivity index (χ0n) is 14.2. The number of thioether (sulfide) groups is 1. The Balaban J connectivity index is 1.86. The summed E-state index contributed by atoms with van der Waals surface area (Å²) in [6.45, 7) is 3.43. The van der Waals surface area contributed by atoms with E-state index in [1.165, 1.54) is 28.0 Å². The third-order valence-electron chi connectivity index (χ3n) is 3.80. The van der Waals surface area contributed by atoms with E-state index >= 15 is 0 Å². The van der Waals surface area contributed by atoms with Crippen LogP contribution in [0.3, 0.4) is 0 Å². The number of imide groups is 1. The molecule has 0 atom stereocenters. The number of thiophene rings is 1. The van der Waals surface area contributed by atoms with Crippen molar-refractivity contribution in [2.75, 3.05) is 19.8 Å². The van der Waals surface area contributed by atoms with Gasteiger partial charge in [0.2, 0.25) is 0 Å². The lowest BCUT2D eigenvalue weighted by Gasteiger charge is -2.14. The summed E-state index contributed by atoms with van der Waals surface area (Å²) in [4.78, 5) is 29.3. The fraction of sp³-hybridized carbons (Fsp3) is 0.263. The number of hydrogen-bond donors (Lipinski definition) is 0. The minimum atomic E-state index is -0.241. The van der Waals surface area contributed by atoms with Gasteiger partial charge in [0, 0.05) is 34.6 Å². The Morgan fingerprint density at radius 3 is 2.58 bits per heavy atom. The molecule has 0 aliphatic carbocycles. The van der Waals surface area contributed by atoms with Crippen LogP contribution in [-0.2, 0) is 14.3 Å². The fourth-order valence-corrected chi connectivity index (χ4v) is 4.54. The molecule has 1 aliphatic heterocycles. The van der Waals surface area contributed by atoms with Crippen molar-refractivity contribution in [2.45, 2.75) is 18.2 Å². The Morgan fingerprint density at radius 2 is 1.92 bits per heavy atom. The van der Waals surface area contributed by atoms with E-state index in [0.717, 1.165) is 9.77 Å². The summed E-state index contributed by atoms with van der Waals surface area (Å²) in [7, 11) is 0. The molecule has 3 rings (SSSR count). The molecule has 1 aliphatic rings. The standard InChI is InChI=1S/C19H18ClNO3S2/c1-2-24-11-4-10-21-18(22)16(15-5-3-12-25-15)17(19(21)23)26-14-8-6-13(20)7-9-14/h3,5-9,12H,2,4,10-11H2,1H3. The van der Waals surface area contributed by atoms with Gasteiger partial charge in [0.25, 0.3) is 11.8 Å². The quantitative estimate of drug-likeness (QED) is 0.470. The highest BCUT2D eigenvalue weighted by Crippen LogP contribution is 2.41. The summed E-state index contributed by atoms with van der Waals surface area (Å²) in [6.07, 6.45) is 0.627. The molecular weight excluding hydrogens is 390 g/mol. The molecule has 0 saturated carbocycles. The van der Waals surface area contributed by atoms with Crippen LogP contribution in [0.5, 0.6) is 0 Å². The van der Waals surface area contributed by atoms with Gasteiger partial charge in [-0.25, -0.2) is 0 Å². The molecule has 0 fully saturated rings. The molecule has 4 nitrogen and oxygen atoms in total. The van der Waals surface area contributed by atoms with Crippen molar-refractivity contribution >= 4 is 52.1 Å². The van der Waals surface area contributed by atoms with Crippen molar-refractivity contribution in [3.8, 4) is 0 Å². The Kier molecular flexibility index (Phi) is 6.53. The second-order valence-electron chi connectivity index (χ2n) is 5.55. The number of amides is 2. The van der Waals surface area contributed by atoms with E-state index < -0.39 is 0 Å². The average molecular weight is 408 g/mol. The van der Waals surface area contributed by atoms with Crippen LogP contribution in [0.1, 0.15) is 18.2 Å². The van der Waals surface area contributed by atoms with Crippen LogP contribution in [-0.4, -0.2) is 36.5 Å². The molecule has 0 N–H and O–H groups in total. The predicted molar refractivity (Wildman–Crippen MR) is 106 cm³/mol. The lowest BCUT2D eigenvalue weighted by molar-refractivity contribution is -0.136. The van der Waals surface area contributed by atoms with Gasteiger partial charge in [0.1, 0.15) is 0 Å². The first kappa shape index (κ1) is 19.2. The minimum Gasteiger partial charge on any atom is -0.382 e. The topological polar surface area (TPSA) is 46.6 Å². The molecule has 2 heterocycles. The number of halogens is 1. The van der Waals surface area contributed by atoms with E-state index in [2.05, 4.69) is 0 Å². The maximum Gasteiger partial charge on any atom is 0.268 e. The molecule has 1 aromatic heterocycles. The Hall–Kier alpha value is -1.60. The number of hydrogen-bond acceptors (Lipinski definition) is 5. The van der Waals surface area contributed by atoms with Crippen LogP contribution in [0.4, 0.5) is 0 Å². The van der Waals surface area contributed by atoms with Gasteiger partial charge in [-0.2, -0.15) is 0 Å². The average Bonchev–Trinajstić information content (AvgIpc) is 3.23. The Bertz CT molecular complexity index is 816. The van der Waals surface area contributed by atoms with Gasteiger partial charge in [-0.3, -0.25) is 14.5 Å². The zero-order chi connectivity index (χ0) is 18.5. The monoisotopic (exact) mass is 407 g/mol. The van der Waals surface area contributed by atoms with Crippen molar-refractivity contribution in [3.05, 3.63) is 56.6 Å². The zero-order valence-corrected chi connectivity index (χ0v) is 16.6. The molecule has 0 radical (unpaired) electrons. The highest BCUT2D eigenvalue weighted by Gasteiger charge is 2.39. The number of benzene rings is 1. The first-order chi connectivity index (χ1) is 12.6. The number of ether oxygens (including phenoxy) is 1. The van der Waals surface area contributed by atoms with Crippen molar-refractivity contribution in [1.82, 2.24) is 4.90 Å². The summed E-state index contributed by atoms with van der Waals surface area (Å²) in [5.74, 6) is -0.472. The normalized spacial score (nSPS) is 14.6. The van der Waals surface area contributed by atoms with Crippen molar-refractivity contribution in [2.24, 2.45) is 0 Å². The SMILES string of the molecule is CCOCCCN1C(=O)C(Sc2ccc(Cl)cc2)=C(c2cccs2)C1=O. The first-order valence-electron chi connectivity index (χ1n) is 8.27. The highest BCUT2D eigenvalue weighted by atomic mass is 35.5. The van der Waals surface area contributed by atoms with Crippen LogP contribution in [0.15, 0.2) is 51.6 Å². The number of carbonyl (C=O) groups is 2. The summed E-state index contributed by atoms with van der Waals surface area (Å²) in [6, 6.07) is 11.0. The molecule has 0 saturated heterocycles. The van der Waals surface area contributed by atoms with E-state index in [1.807, 2.05) is 36.6 Å². The third kappa shape index (κ3) is 4.20. The minimum absolute atomic E-state index is 0.231. The Labute approximate surface area is 165 Å². The molecule has 7 heteroatoms. The first-order valence-corrected chi connectivity index (χ1v) is 10.3. The van der Waals surface area contributed by atoms with Crippen LogP contribution in [0, 0.1) is 0 Å². The molecule has 1 aromatic carbocycles. The van der Waals surface area contributed by atoms with Gasteiger partial charge in [-0.1, -0.05) is 29.4 Å². The largest absolute Gasteiger partial charge is 0.382 e. The molecule has 0 bridgehead atoms. The van der Waals surface area contributed by atoms with Gasteiger partial charge in [0.15, 0.2) is 0 Å². The number of nitrogens with zero attached hydrogens (tertiary/aromatic N) is 1. The number of carbonyl (C=O) groups excluding carboxylic acids is 2. The second kappa shape index (κ2) is 8.86. The van der Waals surface area contributed by atoms with Crippen molar-refractivity contribution < 1.29 is 14.3 Å². The smallest absolute Gasteiger partial charge is 0.268 e. The predicted octanol–water partition coefficient (Wildman–Crippen LogP) is 4.70. The fourth-order valence-electron chi connectivity index (χ4n) is 2.58. The van der Waals surface area contributed by atoms with Crippen LogP contribution in [0.2, 0.25) is 5.02 Å². The third-order valence-corrected chi connectivity index (χ3v) is 6.03. The van der Waals surface area contributed by atoms with Crippen LogP contribution in [0.25, 0.3) is 5.57 Å². The molecule has 2 aromatic rings. The van der Waals surface area contributed by atoms with Crippen LogP contribution < -0.4 is 0 Å². The molecule has 26 heavy (non-hydrogen) atoms. The highest BCUT2D eigenvalue weighted by molar-refractivity contribution is 8.04. The van der Waals surface area contributed by atoms with E-state index in [9.17, 15) is 9.59 Å². The molecule has 136 valence electrons. The van der Waals surface area contributed by atoms with E-state index in [0.29, 0.717) is 41.7 Å². The molecular formula is C19H18ClNO3S2. The lowest BCUT2D eigenvalue weighted by Crippen LogP contribution is -2.33. The molecule has 2 amide bonds. The second-order valence-corrected chi connectivity index (χ2v) is 8.02. The summed E-state index contributed by atoms with van der Waals surface area (Å²) >= 11 is 8.71. The maximum atomic E-state index is 12.9. The van der Waals surface area contributed by atoms with Gasteiger partial charge in [-0.05, 0) is 49.1 Å². The molecule has 0 spiro atoms. The van der Waals surface area contributed by atoms with Gasteiger partial charge in [0.05, 0.1) is 10.5 Å². The van der Waals surface area contributed by atoms with Gasteiger partial charge in [-0.15, -0.1) is 11.3 Å². The summed E-state index contributed by atoms with van der Waals surface area (Å²) in [5, 5.41) is 2.54. The summed E-state index contributed by atoms with van der Waals surface area (Å²) in [5.41, 5.74) is 0.487. The van der Waals surface area contributed by atoms with E-state index in [-0.39, 0.29) is 11.8 Å². The molecule has 0 unspecified atom stereocenters. The van der Waals surface area contributed by atoms with Crippen molar-refractivity contribution in [3.63, 3.8) is 0 Å². The maximum absolute atomic E-state index is 12.9. The number of rotatable bonds is 8. The van der Waals surface area contributed by atoms with Gasteiger partial charge < -0.3 is 4.74 Å². The summed E-state index contributed by atoms with van der Waals surface area (Å²) < 4.78 is 5.32.